The SMILES string of the molecule is CC1=CCC=C(c2ccc(C)c(C)c2)C=C1C. The van der Waals surface area contributed by atoms with E-state index in [0.29, 0.717) is 0 Å². The molecule has 0 saturated carbocycles. The quantitative estimate of drug-likeness (QED) is 0.631. The van der Waals surface area contributed by atoms with Gasteiger partial charge in [0, 0.05) is 0 Å². The van der Waals surface area contributed by atoms with Crippen LogP contribution in [0.5, 0.6) is 0 Å². The molecule has 0 nitrogen and oxygen atoms in total. The zero-order valence-electron chi connectivity index (χ0n) is 11.2. The Labute approximate surface area is 104 Å². The molecular weight excluding hydrogens is 204 g/mol. The van der Waals surface area contributed by atoms with Gasteiger partial charge >= 0.3 is 0 Å². The van der Waals surface area contributed by atoms with Gasteiger partial charge in [-0.05, 0) is 62.0 Å². The lowest BCUT2D eigenvalue weighted by Gasteiger charge is -2.07. The molecule has 0 radical (unpaired) electrons. The number of hydrogen-bond acceptors (Lipinski definition) is 0. The van der Waals surface area contributed by atoms with Gasteiger partial charge < -0.3 is 0 Å². The Kier molecular flexibility index (Phi) is 3.33. The van der Waals surface area contributed by atoms with Crippen LogP contribution in [-0.4, -0.2) is 0 Å². The molecule has 0 aliphatic heterocycles. The van der Waals surface area contributed by atoms with Gasteiger partial charge in [-0.3, -0.25) is 0 Å². The highest BCUT2D eigenvalue weighted by molar-refractivity contribution is 5.76. The maximum absolute atomic E-state index is 2.31. The highest BCUT2D eigenvalue weighted by Crippen LogP contribution is 2.25. The van der Waals surface area contributed by atoms with E-state index in [4.69, 9.17) is 0 Å². The van der Waals surface area contributed by atoms with Crippen LogP contribution >= 0.6 is 0 Å². The zero-order valence-corrected chi connectivity index (χ0v) is 11.2. The van der Waals surface area contributed by atoms with Crippen LogP contribution < -0.4 is 0 Å². The summed E-state index contributed by atoms with van der Waals surface area (Å²) in [6, 6.07) is 6.71. The molecular formula is C17H20. The molecule has 1 aliphatic rings. The van der Waals surface area contributed by atoms with E-state index in [2.05, 4.69) is 64.1 Å². The summed E-state index contributed by atoms with van der Waals surface area (Å²) in [4.78, 5) is 0. The molecule has 0 fully saturated rings. The Morgan fingerprint density at radius 2 is 1.59 bits per heavy atom. The summed E-state index contributed by atoms with van der Waals surface area (Å²) in [7, 11) is 0. The molecule has 17 heavy (non-hydrogen) atoms. The number of allylic oxidation sites excluding steroid dienone is 6. The standard InChI is InChI=1S/C17H20/c1-12-6-5-7-16(10-14(12)3)17-9-8-13(2)15(4)11-17/h6-11H,5H2,1-4H3. The average Bonchev–Trinajstić information content (AvgIpc) is 2.46. The van der Waals surface area contributed by atoms with Gasteiger partial charge in [0.1, 0.15) is 0 Å². The molecule has 1 aliphatic carbocycles. The number of rotatable bonds is 1. The molecule has 0 heteroatoms. The number of aryl methyl sites for hydroxylation is 2. The fraction of sp³-hybridized carbons (Fsp3) is 0.294. The topological polar surface area (TPSA) is 0 Å². The van der Waals surface area contributed by atoms with Crippen molar-refractivity contribution in [1.82, 2.24) is 0 Å². The lowest BCUT2D eigenvalue weighted by atomic mass is 9.98. The van der Waals surface area contributed by atoms with Gasteiger partial charge in [0.2, 0.25) is 0 Å². The van der Waals surface area contributed by atoms with Crippen molar-refractivity contribution in [3.05, 3.63) is 64.3 Å². The predicted octanol–water partition coefficient (Wildman–Crippen LogP) is 4.98. The molecule has 88 valence electrons. The lowest BCUT2D eigenvalue weighted by Crippen LogP contribution is -1.87. The first-order chi connectivity index (χ1) is 8.08. The van der Waals surface area contributed by atoms with Crippen LogP contribution in [0.2, 0.25) is 0 Å². The lowest BCUT2D eigenvalue weighted by molar-refractivity contribution is 1.29. The summed E-state index contributed by atoms with van der Waals surface area (Å²) < 4.78 is 0. The van der Waals surface area contributed by atoms with E-state index >= 15 is 0 Å². The second-order valence-electron chi connectivity index (χ2n) is 4.91. The van der Waals surface area contributed by atoms with Crippen molar-refractivity contribution < 1.29 is 0 Å². The third kappa shape index (κ3) is 2.58. The average molecular weight is 224 g/mol. The molecule has 1 aromatic rings. The summed E-state index contributed by atoms with van der Waals surface area (Å²) >= 11 is 0. The van der Waals surface area contributed by atoms with Crippen molar-refractivity contribution in [1.29, 1.82) is 0 Å². The first-order valence-corrected chi connectivity index (χ1v) is 6.21. The fourth-order valence-corrected chi connectivity index (χ4v) is 2.05. The highest BCUT2D eigenvalue weighted by atomic mass is 14.1. The molecule has 0 unspecified atom stereocenters. The van der Waals surface area contributed by atoms with Gasteiger partial charge in [0.25, 0.3) is 0 Å². The Balaban J connectivity index is 2.41. The summed E-state index contributed by atoms with van der Waals surface area (Å²) in [6.45, 7) is 8.71. The third-order valence-corrected chi connectivity index (χ3v) is 3.60. The molecule has 0 bridgehead atoms. The van der Waals surface area contributed by atoms with Crippen LogP contribution in [-0.2, 0) is 0 Å². The van der Waals surface area contributed by atoms with Gasteiger partial charge in [0.15, 0.2) is 0 Å². The van der Waals surface area contributed by atoms with Crippen LogP contribution in [0.1, 0.15) is 37.0 Å². The van der Waals surface area contributed by atoms with Crippen LogP contribution in [0, 0.1) is 13.8 Å². The molecule has 0 amide bonds. The number of benzene rings is 1. The summed E-state index contributed by atoms with van der Waals surface area (Å²) in [5.74, 6) is 0. The van der Waals surface area contributed by atoms with E-state index < -0.39 is 0 Å². The minimum absolute atomic E-state index is 1.03. The van der Waals surface area contributed by atoms with E-state index in [9.17, 15) is 0 Å². The monoisotopic (exact) mass is 224 g/mol. The second kappa shape index (κ2) is 4.75. The normalized spacial score (nSPS) is 15.9. The minimum atomic E-state index is 1.03. The van der Waals surface area contributed by atoms with Gasteiger partial charge in [-0.2, -0.15) is 0 Å². The van der Waals surface area contributed by atoms with Crippen LogP contribution in [0.15, 0.2) is 47.6 Å². The first-order valence-electron chi connectivity index (χ1n) is 6.21. The van der Waals surface area contributed by atoms with Crippen LogP contribution in [0.25, 0.3) is 5.57 Å². The van der Waals surface area contributed by atoms with Crippen LogP contribution in [0.4, 0.5) is 0 Å². The molecule has 0 atom stereocenters. The Morgan fingerprint density at radius 1 is 0.824 bits per heavy atom. The minimum Gasteiger partial charge on any atom is -0.0775 e. The van der Waals surface area contributed by atoms with Crippen molar-refractivity contribution >= 4 is 5.57 Å². The van der Waals surface area contributed by atoms with E-state index in [1.807, 2.05) is 0 Å². The van der Waals surface area contributed by atoms with E-state index in [-0.39, 0.29) is 0 Å². The Morgan fingerprint density at radius 3 is 2.29 bits per heavy atom. The van der Waals surface area contributed by atoms with Crippen molar-refractivity contribution in [3.8, 4) is 0 Å². The van der Waals surface area contributed by atoms with Gasteiger partial charge in [0.05, 0.1) is 0 Å². The second-order valence-corrected chi connectivity index (χ2v) is 4.91. The van der Waals surface area contributed by atoms with Gasteiger partial charge in [-0.1, -0.05) is 42.0 Å². The van der Waals surface area contributed by atoms with Crippen molar-refractivity contribution in [2.45, 2.75) is 34.1 Å². The summed E-state index contributed by atoms with van der Waals surface area (Å²) in [5.41, 5.74) is 8.16. The van der Waals surface area contributed by atoms with Crippen molar-refractivity contribution in [3.63, 3.8) is 0 Å². The summed E-state index contributed by atoms with van der Waals surface area (Å²) in [6.07, 6.45) is 7.93. The maximum atomic E-state index is 2.31. The Hall–Kier alpha value is -1.56. The predicted molar refractivity (Wildman–Crippen MR) is 76.0 cm³/mol. The summed E-state index contributed by atoms with van der Waals surface area (Å²) in [5, 5.41) is 0. The molecule has 0 aromatic heterocycles. The highest BCUT2D eigenvalue weighted by Gasteiger charge is 2.04. The smallest absolute Gasteiger partial charge is 0.0154 e. The van der Waals surface area contributed by atoms with Crippen molar-refractivity contribution in [2.24, 2.45) is 0 Å². The van der Waals surface area contributed by atoms with E-state index in [1.165, 1.54) is 33.4 Å². The van der Waals surface area contributed by atoms with Crippen LogP contribution in [0.3, 0.4) is 0 Å². The number of hydrogen-bond donors (Lipinski definition) is 0. The maximum Gasteiger partial charge on any atom is -0.0154 e. The molecule has 0 saturated heterocycles. The zero-order chi connectivity index (χ0) is 12.4. The van der Waals surface area contributed by atoms with E-state index in [0.717, 1.165) is 6.42 Å². The molecule has 1 aromatic carbocycles. The molecule has 0 heterocycles. The van der Waals surface area contributed by atoms with Gasteiger partial charge in [-0.15, -0.1) is 0 Å². The Bertz CT molecular complexity index is 525. The fourth-order valence-electron chi connectivity index (χ4n) is 2.05. The molecule has 0 N–H and O–H groups in total. The van der Waals surface area contributed by atoms with E-state index in [1.54, 1.807) is 0 Å². The third-order valence-electron chi connectivity index (χ3n) is 3.60. The van der Waals surface area contributed by atoms with Gasteiger partial charge in [-0.25, -0.2) is 0 Å². The first kappa shape index (κ1) is 11.9. The molecule has 2 rings (SSSR count). The van der Waals surface area contributed by atoms with Crippen molar-refractivity contribution in [2.75, 3.05) is 0 Å². The molecule has 0 spiro atoms. The largest absolute Gasteiger partial charge is 0.0775 e.